The molecule has 1 saturated heterocycles. The van der Waals surface area contributed by atoms with Crippen molar-refractivity contribution in [2.24, 2.45) is 0 Å². The molecule has 2 amide bonds. The lowest BCUT2D eigenvalue weighted by Gasteiger charge is -2.28. The number of nitrogens with one attached hydrogen (secondary N) is 1. The highest BCUT2D eigenvalue weighted by Crippen LogP contribution is 2.56. The molecule has 9 nitrogen and oxygen atoms in total. The number of para-hydroxylation sites is 1. The number of halogens is 1. The van der Waals surface area contributed by atoms with Crippen LogP contribution in [0.5, 0.6) is 0 Å². The number of rotatable bonds is 5. The van der Waals surface area contributed by atoms with Gasteiger partial charge in [-0.05, 0) is 34.1 Å². The van der Waals surface area contributed by atoms with Crippen LogP contribution in [0.1, 0.15) is 12.8 Å². The summed E-state index contributed by atoms with van der Waals surface area (Å²) in [6.45, 7) is -0.553. The highest BCUT2D eigenvalue weighted by Gasteiger charge is 2.58. The second-order valence-corrected chi connectivity index (χ2v) is 8.80. The van der Waals surface area contributed by atoms with E-state index in [0.717, 1.165) is 4.90 Å². The third-order valence-corrected chi connectivity index (χ3v) is 6.88. The van der Waals surface area contributed by atoms with Crippen molar-refractivity contribution < 1.29 is 24.0 Å². The fraction of sp³-hybridized carbons (Fsp3) is 0.211. The number of esters is 1. The Morgan fingerprint density at radius 2 is 2.07 bits per heavy atom. The van der Waals surface area contributed by atoms with Gasteiger partial charge in [-0.1, -0.05) is 23.9 Å². The number of carbonyl (C=O) groups excluding carboxylic acids is 3. The van der Waals surface area contributed by atoms with E-state index >= 15 is 0 Å². The van der Waals surface area contributed by atoms with Crippen molar-refractivity contribution in [3.63, 3.8) is 0 Å². The Morgan fingerprint density at radius 3 is 2.80 bits per heavy atom. The Hall–Kier alpha value is -2.92. The summed E-state index contributed by atoms with van der Waals surface area (Å²) < 4.78 is 5.58. The van der Waals surface area contributed by atoms with Gasteiger partial charge in [0.1, 0.15) is 0 Å². The molecule has 2 aromatic carbocycles. The molecule has 1 fully saturated rings. The van der Waals surface area contributed by atoms with Crippen molar-refractivity contribution >= 4 is 62.5 Å². The van der Waals surface area contributed by atoms with Gasteiger partial charge in [0.05, 0.1) is 16.3 Å². The smallest absolute Gasteiger partial charge is 0.344 e. The van der Waals surface area contributed by atoms with Crippen molar-refractivity contribution in [1.82, 2.24) is 0 Å². The standard InChI is InChI=1S/C19H14BrN3O6S/c20-12-9-11(23(27)28)5-6-13(12)21-16(24)10-29-18(26)19-8-7-17(25)22(19)14-3-1-2-4-15(14)30-19/h1-6,9H,7-8,10H2,(H,21,24). The van der Waals surface area contributed by atoms with E-state index in [1.807, 2.05) is 12.1 Å². The number of fused-ring (bicyclic) bond motifs is 3. The van der Waals surface area contributed by atoms with E-state index in [1.165, 1.54) is 34.9 Å². The van der Waals surface area contributed by atoms with E-state index in [1.54, 1.807) is 12.1 Å². The summed E-state index contributed by atoms with van der Waals surface area (Å²) in [6, 6.07) is 11.1. The lowest BCUT2D eigenvalue weighted by molar-refractivity contribution is -0.384. The summed E-state index contributed by atoms with van der Waals surface area (Å²) in [7, 11) is 0. The molecule has 2 aromatic rings. The molecule has 1 N–H and O–H groups in total. The largest absolute Gasteiger partial charge is 0.453 e. The number of anilines is 2. The van der Waals surface area contributed by atoms with Crippen LogP contribution in [-0.4, -0.2) is 34.2 Å². The van der Waals surface area contributed by atoms with E-state index in [4.69, 9.17) is 4.74 Å². The molecule has 0 aliphatic carbocycles. The van der Waals surface area contributed by atoms with Gasteiger partial charge in [-0.3, -0.25) is 24.6 Å². The van der Waals surface area contributed by atoms with Crippen LogP contribution in [0.15, 0.2) is 51.8 Å². The summed E-state index contributed by atoms with van der Waals surface area (Å²) in [5.41, 5.74) is 0.843. The zero-order chi connectivity index (χ0) is 21.5. The number of ether oxygens (including phenoxy) is 1. The fourth-order valence-electron chi connectivity index (χ4n) is 3.42. The monoisotopic (exact) mass is 491 g/mol. The van der Waals surface area contributed by atoms with E-state index < -0.39 is 28.3 Å². The molecule has 0 saturated carbocycles. The molecule has 1 atom stereocenters. The number of benzene rings is 2. The average molecular weight is 492 g/mol. The number of thioether (sulfide) groups is 1. The van der Waals surface area contributed by atoms with Crippen LogP contribution in [0.4, 0.5) is 17.1 Å². The second kappa shape index (κ2) is 7.73. The number of carbonyl (C=O) groups is 3. The summed E-state index contributed by atoms with van der Waals surface area (Å²) >= 11 is 4.42. The first kappa shape index (κ1) is 20.4. The number of nitrogens with zero attached hydrogens (tertiary/aromatic N) is 2. The number of hydrogen-bond donors (Lipinski definition) is 1. The SMILES string of the molecule is O=C(COC(=O)C12CCC(=O)N1c1ccccc1S2)Nc1ccc([N+](=O)[O-])cc1Br. The van der Waals surface area contributed by atoms with Crippen molar-refractivity contribution in [3.8, 4) is 0 Å². The van der Waals surface area contributed by atoms with Crippen molar-refractivity contribution in [2.75, 3.05) is 16.8 Å². The number of nitro benzene ring substituents is 1. The molecule has 1 unspecified atom stereocenters. The summed E-state index contributed by atoms with van der Waals surface area (Å²) in [4.78, 5) is 48.9. The van der Waals surface area contributed by atoms with Crippen molar-refractivity contribution in [2.45, 2.75) is 22.6 Å². The van der Waals surface area contributed by atoms with Gasteiger partial charge in [0.25, 0.3) is 11.6 Å². The van der Waals surface area contributed by atoms with E-state index in [0.29, 0.717) is 22.3 Å². The Morgan fingerprint density at radius 1 is 1.30 bits per heavy atom. The van der Waals surface area contributed by atoms with Crippen LogP contribution in [0.2, 0.25) is 0 Å². The highest BCUT2D eigenvalue weighted by atomic mass is 79.9. The van der Waals surface area contributed by atoms with Gasteiger partial charge in [0.2, 0.25) is 5.91 Å². The second-order valence-electron chi connectivity index (χ2n) is 6.63. The minimum Gasteiger partial charge on any atom is -0.453 e. The predicted octanol–water partition coefficient (Wildman–Crippen LogP) is 3.47. The Labute approximate surface area is 183 Å². The molecule has 2 heterocycles. The lowest BCUT2D eigenvalue weighted by atomic mass is 10.2. The maximum atomic E-state index is 12.9. The summed E-state index contributed by atoms with van der Waals surface area (Å²) in [5, 5.41) is 13.3. The molecule has 2 aliphatic rings. The van der Waals surface area contributed by atoms with Crippen LogP contribution in [0, 0.1) is 10.1 Å². The van der Waals surface area contributed by atoms with Crippen LogP contribution in [0.3, 0.4) is 0 Å². The lowest BCUT2D eigenvalue weighted by Crippen LogP contribution is -2.48. The first-order valence-corrected chi connectivity index (χ1v) is 10.4. The third-order valence-electron chi connectivity index (χ3n) is 4.76. The fourth-order valence-corrected chi connectivity index (χ4v) is 5.30. The molecule has 2 aliphatic heterocycles. The van der Waals surface area contributed by atoms with Gasteiger partial charge in [-0.2, -0.15) is 0 Å². The number of nitro groups is 1. The average Bonchev–Trinajstić information content (AvgIpc) is 3.23. The normalized spacial score (nSPS) is 19.2. The topological polar surface area (TPSA) is 119 Å². The molecule has 4 rings (SSSR count). The number of amides is 2. The zero-order valence-electron chi connectivity index (χ0n) is 15.3. The molecule has 154 valence electrons. The summed E-state index contributed by atoms with van der Waals surface area (Å²) in [5.74, 6) is -1.43. The van der Waals surface area contributed by atoms with Gasteiger partial charge < -0.3 is 10.1 Å². The van der Waals surface area contributed by atoms with Crippen LogP contribution in [0.25, 0.3) is 0 Å². The maximum absolute atomic E-state index is 12.9. The Balaban J connectivity index is 1.43. The first-order valence-electron chi connectivity index (χ1n) is 8.84. The van der Waals surface area contributed by atoms with E-state index in [2.05, 4.69) is 21.2 Å². The number of hydrogen-bond acceptors (Lipinski definition) is 7. The molecule has 11 heteroatoms. The van der Waals surface area contributed by atoms with Crippen LogP contribution < -0.4 is 10.2 Å². The highest BCUT2D eigenvalue weighted by molar-refractivity contribution is 9.10. The van der Waals surface area contributed by atoms with Gasteiger partial charge in [0, 0.05) is 34.3 Å². The molecule has 0 aromatic heterocycles. The van der Waals surface area contributed by atoms with Crippen LogP contribution >= 0.6 is 27.7 Å². The quantitative estimate of drug-likeness (QED) is 0.386. The Bertz CT molecular complexity index is 1090. The van der Waals surface area contributed by atoms with Gasteiger partial charge >= 0.3 is 5.97 Å². The molecule has 30 heavy (non-hydrogen) atoms. The molecular formula is C19H14BrN3O6S. The molecule has 0 bridgehead atoms. The van der Waals surface area contributed by atoms with Crippen LogP contribution in [-0.2, 0) is 19.1 Å². The van der Waals surface area contributed by atoms with Gasteiger partial charge in [0.15, 0.2) is 11.5 Å². The zero-order valence-corrected chi connectivity index (χ0v) is 17.7. The molecule has 0 radical (unpaired) electrons. The predicted molar refractivity (Wildman–Crippen MR) is 112 cm³/mol. The van der Waals surface area contributed by atoms with Gasteiger partial charge in [-0.25, -0.2) is 4.79 Å². The van der Waals surface area contributed by atoms with E-state index in [9.17, 15) is 24.5 Å². The molecular weight excluding hydrogens is 478 g/mol. The van der Waals surface area contributed by atoms with E-state index in [-0.39, 0.29) is 18.0 Å². The van der Waals surface area contributed by atoms with Gasteiger partial charge in [-0.15, -0.1) is 0 Å². The number of non-ortho nitro benzene ring substituents is 1. The molecule has 0 spiro atoms. The minimum atomic E-state index is -1.20. The van der Waals surface area contributed by atoms with Crippen molar-refractivity contribution in [3.05, 3.63) is 57.1 Å². The first-order chi connectivity index (χ1) is 14.3. The Kier molecular flexibility index (Phi) is 5.24. The third kappa shape index (κ3) is 3.43. The summed E-state index contributed by atoms with van der Waals surface area (Å²) in [6.07, 6.45) is 0.512. The maximum Gasteiger partial charge on any atom is 0.344 e. The van der Waals surface area contributed by atoms with Crippen molar-refractivity contribution in [1.29, 1.82) is 0 Å². The minimum absolute atomic E-state index is 0.130.